The van der Waals surface area contributed by atoms with Crippen molar-refractivity contribution >= 4 is 0 Å². The van der Waals surface area contributed by atoms with Crippen LogP contribution in [0.15, 0.2) is 12.4 Å². The summed E-state index contributed by atoms with van der Waals surface area (Å²) in [6.45, 7) is 5.63. The Morgan fingerprint density at radius 2 is 2.35 bits per heavy atom. The summed E-state index contributed by atoms with van der Waals surface area (Å²) in [6, 6.07) is 0.711. The van der Waals surface area contributed by atoms with Crippen molar-refractivity contribution in [3.8, 4) is 0 Å². The lowest BCUT2D eigenvalue weighted by Gasteiger charge is -2.30. The van der Waals surface area contributed by atoms with Gasteiger partial charge in [-0.1, -0.05) is 26.7 Å². The number of nitrogens with one attached hydrogen (secondary N) is 2. The number of aromatic nitrogens is 2. The van der Waals surface area contributed by atoms with E-state index in [0.717, 1.165) is 18.4 Å². The average molecular weight is 235 g/mol. The van der Waals surface area contributed by atoms with E-state index in [4.69, 9.17) is 0 Å². The van der Waals surface area contributed by atoms with Gasteiger partial charge in [-0.3, -0.25) is 5.10 Å². The number of nitrogens with zero attached hydrogens (tertiary/aromatic N) is 1. The number of rotatable bonds is 5. The molecule has 0 aliphatic heterocycles. The van der Waals surface area contributed by atoms with Crippen LogP contribution in [0.3, 0.4) is 0 Å². The van der Waals surface area contributed by atoms with Crippen molar-refractivity contribution in [3.05, 3.63) is 18.0 Å². The van der Waals surface area contributed by atoms with Crippen molar-refractivity contribution in [3.63, 3.8) is 0 Å². The lowest BCUT2D eigenvalue weighted by Crippen LogP contribution is -2.34. The molecule has 1 aromatic heterocycles. The summed E-state index contributed by atoms with van der Waals surface area (Å²) in [5.74, 6) is 1.78. The maximum absolute atomic E-state index is 3.98. The SMILES string of the molecule is CC(C)CC1CCCC(NCc2cn[nH]c2)C1. The minimum absolute atomic E-state index is 0.711. The Kier molecular flexibility index (Phi) is 4.60. The summed E-state index contributed by atoms with van der Waals surface area (Å²) < 4.78 is 0. The summed E-state index contributed by atoms with van der Waals surface area (Å²) in [5.41, 5.74) is 1.26. The van der Waals surface area contributed by atoms with Gasteiger partial charge in [-0.05, 0) is 31.1 Å². The zero-order chi connectivity index (χ0) is 12.1. The second-order valence-electron chi connectivity index (χ2n) is 5.85. The molecule has 0 spiro atoms. The molecule has 3 heteroatoms. The first-order chi connectivity index (χ1) is 8.24. The van der Waals surface area contributed by atoms with Gasteiger partial charge in [0.05, 0.1) is 6.20 Å². The van der Waals surface area contributed by atoms with Gasteiger partial charge in [-0.15, -0.1) is 0 Å². The minimum Gasteiger partial charge on any atom is -0.310 e. The van der Waals surface area contributed by atoms with E-state index in [1.165, 1.54) is 37.7 Å². The molecule has 2 unspecified atom stereocenters. The van der Waals surface area contributed by atoms with Crippen LogP contribution in [-0.4, -0.2) is 16.2 Å². The van der Waals surface area contributed by atoms with Crippen LogP contribution in [0.1, 0.15) is 51.5 Å². The molecule has 96 valence electrons. The number of H-pyrrole nitrogens is 1. The molecule has 0 radical (unpaired) electrons. The van der Waals surface area contributed by atoms with Gasteiger partial charge in [0.2, 0.25) is 0 Å². The third kappa shape index (κ3) is 4.15. The molecule has 2 atom stereocenters. The van der Waals surface area contributed by atoms with Crippen molar-refractivity contribution in [2.24, 2.45) is 11.8 Å². The van der Waals surface area contributed by atoms with Gasteiger partial charge in [-0.25, -0.2) is 0 Å². The standard InChI is InChI=1S/C14H25N3/c1-11(2)6-12-4-3-5-14(7-12)15-8-13-9-16-17-10-13/h9-12,14-15H,3-8H2,1-2H3,(H,16,17). The van der Waals surface area contributed by atoms with Crippen molar-refractivity contribution in [2.45, 2.75) is 58.5 Å². The molecule has 0 saturated heterocycles. The fourth-order valence-corrected chi connectivity index (χ4v) is 2.99. The van der Waals surface area contributed by atoms with E-state index in [9.17, 15) is 0 Å². The first-order valence-corrected chi connectivity index (χ1v) is 6.95. The van der Waals surface area contributed by atoms with Crippen LogP contribution in [-0.2, 0) is 6.54 Å². The van der Waals surface area contributed by atoms with Crippen LogP contribution in [0, 0.1) is 11.8 Å². The quantitative estimate of drug-likeness (QED) is 0.823. The second-order valence-corrected chi connectivity index (χ2v) is 5.85. The third-order valence-corrected chi connectivity index (χ3v) is 3.74. The van der Waals surface area contributed by atoms with Crippen LogP contribution in [0.4, 0.5) is 0 Å². The first kappa shape index (κ1) is 12.6. The third-order valence-electron chi connectivity index (χ3n) is 3.74. The Balaban J connectivity index is 1.73. The highest BCUT2D eigenvalue weighted by molar-refractivity contribution is 5.02. The maximum Gasteiger partial charge on any atom is 0.0532 e. The van der Waals surface area contributed by atoms with Gasteiger partial charge in [0, 0.05) is 24.3 Å². The van der Waals surface area contributed by atoms with E-state index in [2.05, 4.69) is 29.4 Å². The number of hydrogen-bond donors (Lipinski definition) is 2. The topological polar surface area (TPSA) is 40.7 Å². The highest BCUT2D eigenvalue weighted by Gasteiger charge is 2.22. The Morgan fingerprint density at radius 1 is 1.47 bits per heavy atom. The first-order valence-electron chi connectivity index (χ1n) is 6.95. The zero-order valence-electron chi connectivity index (χ0n) is 11.1. The second kappa shape index (κ2) is 6.20. The highest BCUT2D eigenvalue weighted by Crippen LogP contribution is 2.29. The van der Waals surface area contributed by atoms with Gasteiger partial charge >= 0.3 is 0 Å². The summed E-state index contributed by atoms with van der Waals surface area (Å²) in [5, 5.41) is 10.5. The molecule has 17 heavy (non-hydrogen) atoms. The number of aromatic amines is 1. The van der Waals surface area contributed by atoms with Crippen LogP contribution >= 0.6 is 0 Å². The Labute approximate surface area is 104 Å². The van der Waals surface area contributed by atoms with E-state index in [1.807, 2.05) is 12.4 Å². The summed E-state index contributed by atoms with van der Waals surface area (Å²) in [4.78, 5) is 0. The summed E-state index contributed by atoms with van der Waals surface area (Å²) >= 11 is 0. The molecule has 1 aromatic rings. The van der Waals surface area contributed by atoms with Crippen LogP contribution < -0.4 is 5.32 Å². The van der Waals surface area contributed by atoms with E-state index in [-0.39, 0.29) is 0 Å². The molecular formula is C14H25N3. The molecule has 0 aromatic carbocycles. The van der Waals surface area contributed by atoms with Crippen molar-refractivity contribution in [1.82, 2.24) is 15.5 Å². The largest absolute Gasteiger partial charge is 0.310 e. The molecule has 2 rings (SSSR count). The van der Waals surface area contributed by atoms with E-state index >= 15 is 0 Å². The summed E-state index contributed by atoms with van der Waals surface area (Å²) in [7, 11) is 0. The van der Waals surface area contributed by atoms with Crippen LogP contribution in [0.25, 0.3) is 0 Å². The molecule has 1 fully saturated rings. The maximum atomic E-state index is 3.98. The molecule has 3 nitrogen and oxygen atoms in total. The molecule has 0 amide bonds. The Bertz CT molecular complexity index is 305. The Hall–Kier alpha value is -0.830. The van der Waals surface area contributed by atoms with Crippen LogP contribution in [0.2, 0.25) is 0 Å². The fourth-order valence-electron chi connectivity index (χ4n) is 2.99. The smallest absolute Gasteiger partial charge is 0.0532 e. The average Bonchev–Trinajstić information content (AvgIpc) is 2.79. The molecule has 2 N–H and O–H groups in total. The lowest BCUT2D eigenvalue weighted by molar-refractivity contribution is 0.252. The van der Waals surface area contributed by atoms with Gasteiger partial charge in [-0.2, -0.15) is 5.10 Å². The number of hydrogen-bond acceptors (Lipinski definition) is 2. The van der Waals surface area contributed by atoms with Gasteiger partial charge < -0.3 is 5.32 Å². The molecule has 1 aliphatic rings. The summed E-state index contributed by atoms with van der Waals surface area (Å²) in [6.07, 6.45) is 10.8. The van der Waals surface area contributed by atoms with Crippen molar-refractivity contribution in [1.29, 1.82) is 0 Å². The lowest BCUT2D eigenvalue weighted by atomic mass is 9.81. The zero-order valence-corrected chi connectivity index (χ0v) is 11.1. The normalized spacial score (nSPS) is 25.4. The van der Waals surface area contributed by atoms with Gasteiger partial charge in [0.25, 0.3) is 0 Å². The highest BCUT2D eigenvalue weighted by atomic mass is 15.1. The van der Waals surface area contributed by atoms with E-state index in [0.29, 0.717) is 6.04 Å². The Morgan fingerprint density at radius 3 is 3.06 bits per heavy atom. The minimum atomic E-state index is 0.711. The molecule has 1 heterocycles. The molecule has 0 bridgehead atoms. The fraction of sp³-hybridized carbons (Fsp3) is 0.786. The molecule has 1 saturated carbocycles. The van der Waals surface area contributed by atoms with E-state index in [1.54, 1.807) is 0 Å². The van der Waals surface area contributed by atoms with Gasteiger partial charge in [0.15, 0.2) is 0 Å². The van der Waals surface area contributed by atoms with Crippen molar-refractivity contribution in [2.75, 3.05) is 0 Å². The van der Waals surface area contributed by atoms with Crippen molar-refractivity contribution < 1.29 is 0 Å². The van der Waals surface area contributed by atoms with E-state index < -0.39 is 0 Å². The predicted octanol–water partition coefficient (Wildman–Crippen LogP) is 3.10. The molecule has 1 aliphatic carbocycles. The van der Waals surface area contributed by atoms with Gasteiger partial charge in [0.1, 0.15) is 0 Å². The molecular weight excluding hydrogens is 210 g/mol. The van der Waals surface area contributed by atoms with Crippen LogP contribution in [0.5, 0.6) is 0 Å². The monoisotopic (exact) mass is 235 g/mol. The predicted molar refractivity (Wildman–Crippen MR) is 70.6 cm³/mol.